The lowest BCUT2D eigenvalue weighted by atomic mass is 10.0. The van der Waals surface area contributed by atoms with E-state index in [1.807, 2.05) is 0 Å². The van der Waals surface area contributed by atoms with Crippen molar-refractivity contribution >= 4 is 47.3 Å². The molecule has 0 spiro atoms. The lowest BCUT2D eigenvalue weighted by molar-refractivity contribution is -0.128. The molecule has 3 N–H and O–H groups in total. The minimum absolute atomic E-state index is 0. The summed E-state index contributed by atoms with van der Waals surface area (Å²) in [5.41, 5.74) is 5.56. The Morgan fingerprint density at radius 1 is 1.11 bits per heavy atom. The number of ketones is 1. The Labute approximate surface area is 166 Å². The van der Waals surface area contributed by atoms with Crippen molar-refractivity contribution < 1.29 is 18.8 Å². The van der Waals surface area contributed by atoms with Gasteiger partial charge in [-0.15, -0.1) is 12.4 Å². The van der Waals surface area contributed by atoms with E-state index in [-0.39, 0.29) is 36.6 Å². The molecule has 2 amide bonds. The first-order chi connectivity index (χ1) is 12.3. The van der Waals surface area contributed by atoms with E-state index in [1.54, 1.807) is 25.2 Å². The fraction of sp³-hybridized carbons (Fsp3) is 0.167. The predicted octanol–water partition coefficient (Wildman–Crippen LogP) is 2.17. The van der Waals surface area contributed by atoms with E-state index in [1.165, 1.54) is 29.2 Å². The monoisotopic (exact) mass is 413 g/mol. The zero-order chi connectivity index (χ0) is 19.3. The van der Waals surface area contributed by atoms with E-state index in [0.29, 0.717) is 10.7 Å². The number of nitrogens with one attached hydrogen (secondary N) is 1. The lowest BCUT2D eigenvalue weighted by Gasteiger charge is -2.21. The number of anilines is 1. The first kappa shape index (κ1) is 22.6. The molecule has 0 radical (unpaired) electrons. The number of imide groups is 1. The van der Waals surface area contributed by atoms with Crippen molar-refractivity contribution in [3.63, 3.8) is 0 Å². The minimum Gasteiger partial charge on any atom is -0.365 e. The van der Waals surface area contributed by atoms with Crippen LogP contribution >= 0.6 is 24.0 Å². The zero-order valence-electron chi connectivity index (χ0n) is 14.4. The van der Waals surface area contributed by atoms with Crippen LogP contribution in [0, 0.1) is 5.82 Å². The molecule has 0 aliphatic heterocycles. The first-order valence-corrected chi connectivity index (χ1v) is 8.04. The summed E-state index contributed by atoms with van der Waals surface area (Å²) in [4.78, 5) is 37.3. The van der Waals surface area contributed by atoms with Gasteiger partial charge in [0.25, 0.3) is 0 Å². The highest BCUT2D eigenvalue weighted by molar-refractivity contribution is 6.31. The molecule has 0 saturated heterocycles. The fourth-order valence-corrected chi connectivity index (χ4v) is 2.53. The largest absolute Gasteiger partial charge is 0.365 e. The molecule has 2 rings (SSSR count). The molecule has 0 atom stereocenters. The summed E-state index contributed by atoms with van der Waals surface area (Å²) >= 11 is 5.98. The summed E-state index contributed by atoms with van der Waals surface area (Å²) in [5.74, 6) is -2.41. The fourth-order valence-electron chi connectivity index (χ4n) is 2.36. The van der Waals surface area contributed by atoms with Crippen molar-refractivity contribution in [2.75, 3.05) is 25.0 Å². The third-order valence-corrected chi connectivity index (χ3v) is 3.81. The molecule has 0 heterocycles. The molecule has 0 saturated carbocycles. The van der Waals surface area contributed by atoms with Crippen LogP contribution in [0.15, 0.2) is 42.5 Å². The van der Waals surface area contributed by atoms with E-state index in [2.05, 4.69) is 5.32 Å². The standard InChI is InChI=1S/C18H17ClFN3O3.ClH/c1-23(10-17(25)22-16(24)9-21)15-7-6-11(19)8-13(15)18(26)12-4-2-3-5-14(12)20;/h2-8H,9-10,21H2,1H3,(H,22,24,25);1H. The van der Waals surface area contributed by atoms with Gasteiger partial charge in [0, 0.05) is 23.3 Å². The Morgan fingerprint density at radius 3 is 2.41 bits per heavy atom. The Balaban J connectivity index is 0.00000364. The van der Waals surface area contributed by atoms with Crippen LogP contribution in [0.5, 0.6) is 0 Å². The molecule has 6 nitrogen and oxygen atoms in total. The second kappa shape index (κ2) is 10.0. The number of hydrogen-bond donors (Lipinski definition) is 2. The summed E-state index contributed by atoms with van der Waals surface area (Å²) in [7, 11) is 1.56. The van der Waals surface area contributed by atoms with E-state index in [9.17, 15) is 18.8 Å². The maximum absolute atomic E-state index is 14.0. The molecule has 144 valence electrons. The van der Waals surface area contributed by atoms with Gasteiger partial charge in [0.1, 0.15) is 5.82 Å². The van der Waals surface area contributed by atoms with Crippen LogP contribution in [0.1, 0.15) is 15.9 Å². The van der Waals surface area contributed by atoms with E-state index < -0.39 is 23.4 Å². The molecular formula is C18H18Cl2FN3O3. The molecule has 0 aromatic heterocycles. The number of nitrogens with zero attached hydrogens (tertiary/aromatic N) is 1. The van der Waals surface area contributed by atoms with Gasteiger partial charge in [-0.3, -0.25) is 19.7 Å². The molecule has 9 heteroatoms. The predicted molar refractivity (Wildman–Crippen MR) is 104 cm³/mol. The van der Waals surface area contributed by atoms with E-state index in [0.717, 1.165) is 0 Å². The molecule has 0 fully saturated rings. The SMILES string of the molecule is CN(CC(=O)NC(=O)CN)c1ccc(Cl)cc1C(=O)c1ccccc1F.Cl. The van der Waals surface area contributed by atoms with Gasteiger partial charge in [-0.1, -0.05) is 23.7 Å². The van der Waals surface area contributed by atoms with Gasteiger partial charge in [0.2, 0.25) is 11.8 Å². The molecule has 27 heavy (non-hydrogen) atoms. The average Bonchev–Trinajstić information content (AvgIpc) is 2.61. The topological polar surface area (TPSA) is 92.5 Å². The van der Waals surface area contributed by atoms with Crippen LogP contribution < -0.4 is 16.0 Å². The average molecular weight is 414 g/mol. The van der Waals surface area contributed by atoms with Gasteiger partial charge < -0.3 is 10.6 Å². The minimum atomic E-state index is -0.655. The smallest absolute Gasteiger partial charge is 0.246 e. The van der Waals surface area contributed by atoms with Crippen molar-refractivity contribution in [3.05, 3.63) is 64.4 Å². The highest BCUT2D eigenvalue weighted by atomic mass is 35.5. The van der Waals surface area contributed by atoms with Crippen molar-refractivity contribution in [1.82, 2.24) is 5.32 Å². The van der Waals surface area contributed by atoms with Gasteiger partial charge in [0.15, 0.2) is 5.78 Å². The zero-order valence-corrected chi connectivity index (χ0v) is 15.9. The Bertz CT molecular complexity index is 861. The number of benzene rings is 2. The molecule has 2 aromatic rings. The maximum Gasteiger partial charge on any atom is 0.246 e. The summed E-state index contributed by atoms with van der Waals surface area (Å²) < 4.78 is 14.0. The number of hydrogen-bond acceptors (Lipinski definition) is 5. The molecule has 0 aliphatic rings. The van der Waals surface area contributed by atoms with Crippen molar-refractivity contribution in [2.24, 2.45) is 5.73 Å². The van der Waals surface area contributed by atoms with Crippen molar-refractivity contribution in [3.8, 4) is 0 Å². The summed E-state index contributed by atoms with van der Waals surface area (Å²) in [5, 5.41) is 2.41. The van der Waals surface area contributed by atoms with Crippen LogP contribution in [-0.2, 0) is 9.59 Å². The molecule has 0 unspecified atom stereocenters. The van der Waals surface area contributed by atoms with E-state index in [4.69, 9.17) is 17.3 Å². The summed E-state index contributed by atoms with van der Waals surface area (Å²) in [6, 6.07) is 10.1. The Hall–Kier alpha value is -2.48. The molecular weight excluding hydrogens is 396 g/mol. The van der Waals surface area contributed by atoms with Crippen molar-refractivity contribution in [1.29, 1.82) is 0 Å². The number of rotatable bonds is 6. The van der Waals surface area contributed by atoms with Gasteiger partial charge in [0.05, 0.1) is 18.7 Å². The highest BCUT2D eigenvalue weighted by Crippen LogP contribution is 2.26. The Morgan fingerprint density at radius 2 is 1.78 bits per heavy atom. The number of carbonyl (C=O) groups excluding carboxylic acids is 3. The molecule has 2 aromatic carbocycles. The molecule has 0 aliphatic carbocycles. The quantitative estimate of drug-likeness (QED) is 0.707. The summed E-state index contributed by atoms with van der Waals surface area (Å²) in [6.45, 7) is -0.516. The first-order valence-electron chi connectivity index (χ1n) is 7.66. The van der Waals surface area contributed by atoms with Gasteiger partial charge in [-0.2, -0.15) is 0 Å². The van der Waals surface area contributed by atoms with Gasteiger partial charge >= 0.3 is 0 Å². The van der Waals surface area contributed by atoms with Crippen molar-refractivity contribution in [2.45, 2.75) is 0 Å². The number of halogens is 3. The van der Waals surface area contributed by atoms with Crippen LogP contribution in [0.25, 0.3) is 0 Å². The van der Waals surface area contributed by atoms with Crippen LogP contribution in [-0.4, -0.2) is 37.7 Å². The molecule has 0 bridgehead atoms. The number of carbonyl (C=O) groups is 3. The van der Waals surface area contributed by atoms with Crippen LogP contribution in [0.4, 0.5) is 10.1 Å². The van der Waals surface area contributed by atoms with Gasteiger partial charge in [-0.25, -0.2) is 4.39 Å². The summed E-state index contributed by atoms with van der Waals surface area (Å²) in [6.07, 6.45) is 0. The number of nitrogens with two attached hydrogens (primary N) is 1. The van der Waals surface area contributed by atoms with Crippen LogP contribution in [0.3, 0.4) is 0 Å². The van der Waals surface area contributed by atoms with Gasteiger partial charge in [-0.05, 0) is 30.3 Å². The second-order valence-corrected chi connectivity index (χ2v) is 5.94. The maximum atomic E-state index is 14.0. The van der Waals surface area contributed by atoms with E-state index >= 15 is 0 Å². The third kappa shape index (κ3) is 5.75. The lowest BCUT2D eigenvalue weighted by Crippen LogP contribution is -2.41. The highest BCUT2D eigenvalue weighted by Gasteiger charge is 2.20. The number of likely N-dealkylation sites (N-methyl/N-ethyl adjacent to an activating group) is 1. The Kier molecular flexibility index (Phi) is 8.36. The second-order valence-electron chi connectivity index (χ2n) is 5.50. The van der Waals surface area contributed by atoms with Crippen LogP contribution in [0.2, 0.25) is 5.02 Å². The number of amides is 2. The normalized spacial score (nSPS) is 9.93. The third-order valence-electron chi connectivity index (χ3n) is 3.58.